The first-order valence-corrected chi connectivity index (χ1v) is 11.9. The van der Waals surface area contributed by atoms with Crippen molar-refractivity contribution in [2.45, 2.75) is 31.1 Å². The van der Waals surface area contributed by atoms with Gasteiger partial charge in [0.25, 0.3) is 5.91 Å². The lowest BCUT2D eigenvalue weighted by Gasteiger charge is -2.34. The van der Waals surface area contributed by atoms with Crippen LogP contribution in [0.5, 0.6) is 0 Å². The Labute approximate surface area is 188 Å². The van der Waals surface area contributed by atoms with Crippen molar-refractivity contribution >= 4 is 21.8 Å². The van der Waals surface area contributed by atoms with Gasteiger partial charge in [-0.25, -0.2) is 12.8 Å². The molecule has 0 saturated carbocycles. The van der Waals surface area contributed by atoms with E-state index in [0.29, 0.717) is 0 Å². The number of piperazine rings is 1. The maximum Gasteiger partial charge on any atom is 0.254 e. The smallest absolute Gasteiger partial charge is 0.254 e. The average molecular weight is 462 g/mol. The van der Waals surface area contributed by atoms with Crippen LogP contribution in [0.1, 0.15) is 36.7 Å². The van der Waals surface area contributed by atoms with Crippen LogP contribution in [0.3, 0.4) is 0 Å². The highest BCUT2D eigenvalue weighted by molar-refractivity contribution is 7.89. The topological polar surface area (TPSA) is 86.8 Å². The molecule has 1 aliphatic rings. The van der Waals surface area contributed by atoms with E-state index in [4.69, 9.17) is 0 Å². The number of hydrogen-bond acceptors (Lipinski definition) is 4. The second kappa shape index (κ2) is 9.38. The zero-order valence-electron chi connectivity index (χ0n) is 18.5. The summed E-state index contributed by atoms with van der Waals surface area (Å²) in [6.07, 6.45) is 0. The molecule has 1 fully saturated rings. The lowest BCUT2D eigenvalue weighted by atomic mass is 9.87. The molecule has 0 atom stereocenters. The van der Waals surface area contributed by atoms with E-state index >= 15 is 0 Å². The SMILES string of the molecule is CC(C)(C)c1ccc(S(=O)(=O)N2CCN(C(=O)CNC(=O)c3ccccc3F)CC2)cc1. The summed E-state index contributed by atoms with van der Waals surface area (Å²) in [7, 11) is -3.66. The monoisotopic (exact) mass is 461 g/mol. The first-order chi connectivity index (χ1) is 15.0. The Morgan fingerprint density at radius 3 is 2.12 bits per heavy atom. The molecular weight excluding hydrogens is 433 g/mol. The summed E-state index contributed by atoms with van der Waals surface area (Å²) in [6.45, 7) is 6.66. The first kappa shape index (κ1) is 23.9. The Morgan fingerprint density at radius 1 is 0.969 bits per heavy atom. The minimum absolute atomic E-state index is 0.0734. The Bertz CT molecular complexity index is 1090. The zero-order chi connectivity index (χ0) is 23.5. The van der Waals surface area contributed by atoms with Crippen LogP contribution in [-0.2, 0) is 20.2 Å². The van der Waals surface area contributed by atoms with E-state index in [1.165, 1.54) is 33.5 Å². The first-order valence-electron chi connectivity index (χ1n) is 10.4. The standard InChI is InChI=1S/C23H28FN3O4S/c1-23(2,3)17-8-10-18(11-9-17)32(30,31)27-14-12-26(13-15-27)21(28)16-25-22(29)19-6-4-5-7-20(19)24/h4-11H,12-16H2,1-3H3,(H,25,29). The number of carbonyl (C=O) groups excluding carboxylic acids is 2. The number of carbonyl (C=O) groups is 2. The molecule has 9 heteroatoms. The van der Waals surface area contributed by atoms with Crippen LogP contribution < -0.4 is 5.32 Å². The van der Waals surface area contributed by atoms with E-state index in [-0.39, 0.29) is 54.5 Å². The quantitative estimate of drug-likeness (QED) is 0.741. The van der Waals surface area contributed by atoms with Crippen LogP contribution in [0.2, 0.25) is 0 Å². The summed E-state index contributed by atoms with van der Waals surface area (Å²) in [5, 5.41) is 2.42. The molecule has 1 saturated heterocycles. The minimum Gasteiger partial charge on any atom is -0.343 e. The Kier molecular flexibility index (Phi) is 7.00. The van der Waals surface area contributed by atoms with Crippen LogP contribution in [0.4, 0.5) is 4.39 Å². The summed E-state index contributed by atoms with van der Waals surface area (Å²) >= 11 is 0. The molecule has 0 spiro atoms. The van der Waals surface area contributed by atoms with Crippen molar-refractivity contribution in [1.29, 1.82) is 0 Å². The van der Waals surface area contributed by atoms with Gasteiger partial charge in [-0.3, -0.25) is 9.59 Å². The highest BCUT2D eigenvalue weighted by atomic mass is 32.2. The summed E-state index contributed by atoms with van der Waals surface area (Å²) in [4.78, 5) is 26.2. The molecule has 1 aliphatic heterocycles. The molecule has 1 N–H and O–H groups in total. The highest BCUT2D eigenvalue weighted by Gasteiger charge is 2.30. The number of rotatable bonds is 5. The van der Waals surface area contributed by atoms with E-state index in [2.05, 4.69) is 26.1 Å². The Morgan fingerprint density at radius 2 is 1.56 bits per heavy atom. The van der Waals surface area contributed by atoms with E-state index < -0.39 is 21.7 Å². The van der Waals surface area contributed by atoms with Gasteiger partial charge in [-0.1, -0.05) is 45.0 Å². The Balaban J connectivity index is 1.55. The van der Waals surface area contributed by atoms with Gasteiger partial charge in [-0.15, -0.1) is 0 Å². The number of benzene rings is 2. The van der Waals surface area contributed by atoms with Crippen molar-refractivity contribution in [2.75, 3.05) is 32.7 Å². The van der Waals surface area contributed by atoms with Crippen molar-refractivity contribution < 1.29 is 22.4 Å². The molecule has 2 amide bonds. The maximum absolute atomic E-state index is 13.7. The summed E-state index contributed by atoms with van der Waals surface area (Å²) in [5.74, 6) is -1.68. The molecule has 3 rings (SSSR count). The van der Waals surface area contributed by atoms with Gasteiger partial charge in [0.2, 0.25) is 15.9 Å². The number of nitrogens with one attached hydrogen (secondary N) is 1. The summed E-state index contributed by atoms with van der Waals surface area (Å²) < 4.78 is 41.0. The zero-order valence-corrected chi connectivity index (χ0v) is 19.3. The third-order valence-corrected chi connectivity index (χ3v) is 7.38. The van der Waals surface area contributed by atoms with E-state index in [1.54, 1.807) is 12.1 Å². The molecule has 7 nitrogen and oxygen atoms in total. The highest BCUT2D eigenvalue weighted by Crippen LogP contribution is 2.25. The third kappa shape index (κ3) is 5.34. The van der Waals surface area contributed by atoms with Crippen molar-refractivity contribution in [2.24, 2.45) is 0 Å². The van der Waals surface area contributed by atoms with Crippen LogP contribution in [0, 0.1) is 5.82 Å². The lowest BCUT2D eigenvalue weighted by Crippen LogP contribution is -2.52. The molecule has 0 aromatic heterocycles. The molecule has 32 heavy (non-hydrogen) atoms. The van der Waals surface area contributed by atoms with Crippen LogP contribution in [-0.4, -0.2) is 62.2 Å². The molecule has 172 valence electrons. The number of nitrogens with zero attached hydrogens (tertiary/aromatic N) is 2. The lowest BCUT2D eigenvalue weighted by molar-refractivity contribution is -0.131. The van der Waals surface area contributed by atoms with Gasteiger partial charge in [-0.05, 0) is 35.2 Å². The fourth-order valence-electron chi connectivity index (χ4n) is 3.46. The van der Waals surface area contributed by atoms with Gasteiger partial charge in [0.1, 0.15) is 5.82 Å². The number of halogens is 1. The molecule has 0 radical (unpaired) electrons. The normalized spacial score (nSPS) is 15.4. The minimum atomic E-state index is -3.66. The second-order valence-electron chi connectivity index (χ2n) is 8.72. The number of sulfonamides is 1. The summed E-state index contributed by atoms with van der Waals surface area (Å²) in [5.41, 5.74) is 0.841. The molecule has 0 aliphatic carbocycles. The van der Waals surface area contributed by atoms with Gasteiger partial charge in [0, 0.05) is 26.2 Å². The van der Waals surface area contributed by atoms with Crippen molar-refractivity contribution in [3.63, 3.8) is 0 Å². The Hall–Kier alpha value is -2.78. The second-order valence-corrected chi connectivity index (χ2v) is 10.7. The van der Waals surface area contributed by atoms with Crippen molar-refractivity contribution in [3.8, 4) is 0 Å². The van der Waals surface area contributed by atoms with Gasteiger partial charge in [-0.2, -0.15) is 4.31 Å². The van der Waals surface area contributed by atoms with Gasteiger partial charge < -0.3 is 10.2 Å². The van der Waals surface area contributed by atoms with E-state index in [1.807, 2.05) is 12.1 Å². The van der Waals surface area contributed by atoms with Crippen molar-refractivity contribution in [3.05, 3.63) is 65.5 Å². The third-order valence-electron chi connectivity index (χ3n) is 5.47. The number of hydrogen-bond donors (Lipinski definition) is 1. The molecular formula is C23H28FN3O4S. The molecule has 2 aromatic carbocycles. The molecule has 0 unspecified atom stereocenters. The van der Waals surface area contributed by atoms with Gasteiger partial charge >= 0.3 is 0 Å². The van der Waals surface area contributed by atoms with Crippen molar-refractivity contribution in [1.82, 2.24) is 14.5 Å². The van der Waals surface area contributed by atoms with Crippen LogP contribution in [0.25, 0.3) is 0 Å². The molecule has 0 bridgehead atoms. The predicted octanol–water partition coefficient (Wildman–Crippen LogP) is 2.39. The molecule has 1 heterocycles. The van der Waals surface area contributed by atoms with Crippen LogP contribution >= 0.6 is 0 Å². The van der Waals surface area contributed by atoms with E-state index in [9.17, 15) is 22.4 Å². The number of amides is 2. The summed E-state index contributed by atoms with van der Waals surface area (Å²) in [6, 6.07) is 12.4. The largest absolute Gasteiger partial charge is 0.343 e. The molecule has 2 aromatic rings. The predicted molar refractivity (Wildman–Crippen MR) is 119 cm³/mol. The maximum atomic E-state index is 13.7. The average Bonchev–Trinajstić information content (AvgIpc) is 2.77. The van der Waals surface area contributed by atoms with Gasteiger partial charge in [0.05, 0.1) is 17.0 Å². The fourth-order valence-corrected chi connectivity index (χ4v) is 4.88. The van der Waals surface area contributed by atoms with E-state index in [0.717, 1.165) is 5.56 Å². The fraction of sp³-hybridized carbons (Fsp3) is 0.391. The van der Waals surface area contributed by atoms with Gasteiger partial charge in [0.15, 0.2) is 0 Å². The van der Waals surface area contributed by atoms with Crippen LogP contribution in [0.15, 0.2) is 53.4 Å².